The zero-order valence-electron chi connectivity index (χ0n) is 22.0. The number of para-hydroxylation sites is 1. The minimum absolute atomic E-state index is 0.174. The molecule has 4 aromatic rings. The number of piperazine rings is 1. The zero-order chi connectivity index (χ0) is 26.2. The summed E-state index contributed by atoms with van der Waals surface area (Å²) in [6.07, 6.45) is 4.63. The minimum Gasteiger partial charge on any atom is -0.354 e. The van der Waals surface area contributed by atoms with Gasteiger partial charge in [0.25, 0.3) is 0 Å². The predicted molar refractivity (Wildman–Crippen MR) is 143 cm³/mol. The number of rotatable bonds is 5. The van der Waals surface area contributed by atoms with Crippen LogP contribution in [-0.2, 0) is 17.8 Å². The molecule has 0 N–H and O–H groups in total. The van der Waals surface area contributed by atoms with Crippen LogP contribution in [0.4, 0.5) is 5.82 Å². The standard InChI is InChI=1S/C28H32N8O2/c1-19-14-34(26-10-9-22(13-29-26)28-30-21(3)38-32-28)15-20(2)35(19)18-27(37)33-12-11-25-23(16-33)17-36(31-25)24-7-5-4-6-8-24/h4-10,13,17,19-20H,11-12,14-16,18H2,1-3H3. The molecule has 38 heavy (non-hydrogen) atoms. The number of nitrogens with zero attached hydrogens (tertiary/aromatic N) is 8. The van der Waals surface area contributed by atoms with Gasteiger partial charge in [-0.3, -0.25) is 9.69 Å². The maximum absolute atomic E-state index is 13.4. The molecule has 3 aromatic heterocycles. The molecule has 2 atom stereocenters. The van der Waals surface area contributed by atoms with Gasteiger partial charge in [-0.05, 0) is 38.1 Å². The maximum Gasteiger partial charge on any atom is 0.237 e. The van der Waals surface area contributed by atoms with Crippen molar-refractivity contribution in [1.82, 2.24) is 34.7 Å². The lowest BCUT2D eigenvalue weighted by atomic mass is 10.1. The molecule has 2 aliphatic rings. The monoisotopic (exact) mass is 512 g/mol. The topological polar surface area (TPSA) is 96.4 Å². The molecule has 10 heteroatoms. The van der Waals surface area contributed by atoms with E-state index in [1.54, 1.807) is 13.1 Å². The molecule has 0 radical (unpaired) electrons. The summed E-state index contributed by atoms with van der Waals surface area (Å²) in [6.45, 7) is 9.49. The zero-order valence-corrected chi connectivity index (χ0v) is 22.0. The Balaban J connectivity index is 1.08. The smallest absolute Gasteiger partial charge is 0.237 e. The number of pyridine rings is 1. The molecule has 1 amide bonds. The molecule has 5 heterocycles. The van der Waals surface area contributed by atoms with E-state index in [-0.39, 0.29) is 18.0 Å². The van der Waals surface area contributed by atoms with Gasteiger partial charge in [0.2, 0.25) is 17.6 Å². The molecule has 0 spiro atoms. The molecule has 0 saturated carbocycles. The van der Waals surface area contributed by atoms with E-state index in [0.717, 1.165) is 47.8 Å². The molecule has 2 unspecified atom stereocenters. The van der Waals surface area contributed by atoms with Crippen molar-refractivity contribution in [2.75, 3.05) is 31.1 Å². The number of carbonyl (C=O) groups excluding carboxylic acids is 1. The first-order chi connectivity index (χ1) is 18.4. The molecule has 1 saturated heterocycles. The Morgan fingerprint density at radius 1 is 1.08 bits per heavy atom. The first-order valence-corrected chi connectivity index (χ1v) is 13.1. The van der Waals surface area contributed by atoms with Gasteiger partial charge in [0.15, 0.2) is 0 Å². The van der Waals surface area contributed by atoms with Crippen LogP contribution in [0.2, 0.25) is 0 Å². The summed E-state index contributed by atoms with van der Waals surface area (Å²) in [4.78, 5) is 28.9. The number of amides is 1. The van der Waals surface area contributed by atoms with Crippen molar-refractivity contribution in [3.63, 3.8) is 0 Å². The van der Waals surface area contributed by atoms with Crippen molar-refractivity contribution >= 4 is 11.7 Å². The Hall–Kier alpha value is -4.05. The molecule has 196 valence electrons. The molecular weight excluding hydrogens is 480 g/mol. The van der Waals surface area contributed by atoms with Gasteiger partial charge in [-0.25, -0.2) is 9.67 Å². The maximum atomic E-state index is 13.4. The number of carbonyl (C=O) groups is 1. The van der Waals surface area contributed by atoms with E-state index in [9.17, 15) is 4.79 Å². The van der Waals surface area contributed by atoms with Crippen molar-refractivity contribution < 1.29 is 9.32 Å². The van der Waals surface area contributed by atoms with Gasteiger partial charge >= 0.3 is 0 Å². The van der Waals surface area contributed by atoms with Gasteiger partial charge in [0.05, 0.1) is 17.9 Å². The largest absolute Gasteiger partial charge is 0.354 e. The summed E-state index contributed by atoms with van der Waals surface area (Å²) in [5, 5.41) is 8.73. The third-order valence-corrected chi connectivity index (χ3v) is 7.51. The Labute approximate surface area is 221 Å². The van der Waals surface area contributed by atoms with E-state index in [1.807, 2.05) is 52.0 Å². The van der Waals surface area contributed by atoms with Crippen LogP contribution in [0.3, 0.4) is 0 Å². The highest BCUT2D eigenvalue weighted by Crippen LogP contribution is 2.25. The summed E-state index contributed by atoms with van der Waals surface area (Å²) < 4.78 is 7.00. The molecule has 10 nitrogen and oxygen atoms in total. The van der Waals surface area contributed by atoms with Crippen molar-refractivity contribution in [2.45, 2.75) is 45.8 Å². The van der Waals surface area contributed by atoms with E-state index < -0.39 is 0 Å². The van der Waals surface area contributed by atoms with Crippen molar-refractivity contribution in [1.29, 1.82) is 0 Å². The van der Waals surface area contributed by atoms with E-state index in [1.165, 1.54) is 0 Å². The molecular formula is C28H32N8O2. The highest BCUT2D eigenvalue weighted by atomic mass is 16.5. The van der Waals surface area contributed by atoms with E-state index >= 15 is 0 Å². The summed E-state index contributed by atoms with van der Waals surface area (Å²) in [6, 6.07) is 14.5. The fraction of sp³-hybridized carbons (Fsp3) is 0.393. The van der Waals surface area contributed by atoms with Gasteiger partial charge < -0.3 is 14.3 Å². The number of aryl methyl sites for hydroxylation is 1. The van der Waals surface area contributed by atoms with Gasteiger partial charge in [-0.2, -0.15) is 10.1 Å². The third-order valence-electron chi connectivity index (χ3n) is 7.51. The Morgan fingerprint density at radius 2 is 1.87 bits per heavy atom. The molecule has 0 aliphatic carbocycles. The summed E-state index contributed by atoms with van der Waals surface area (Å²) in [5.74, 6) is 2.17. The van der Waals surface area contributed by atoms with E-state index in [2.05, 4.69) is 45.0 Å². The van der Waals surface area contributed by atoms with Gasteiger partial charge in [0.1, 0.15) is 5.82 Å². The SMILES string of the molecule is Cc1nc(-c2ccc(N3CC(C)N(CC(=O)N4CCc5nn(-c6ccccc6)cc5C4)C(C)C3)nc2)no1. The fourth-order valence-electron chi connectivity index (χ4n) is 5.47. The fourth-order valence-corrected chi connectivity index (χ4v) is 5.47. The number of benzene rings is 1. The number of hydrogen-bond donors (Lipinski definition) is 0. The average molecular weight is 513 g/mol. The van der Waals surface area contributed by atoms with Crippen LogP contribution in [0.25, 0.3) is 17.1 Å². The van der Waals surface area contributed by atoms with Crippen molar-refractivity contribution in [2.24, 2.45) is 0 Å². The highest BCUT2D eigenvalue weighted by Gasteiger charge is 2.33. The lowest BCUT2D eigenvalue weighted by Gasteiger charge is -2.45. The second kappa shape index (κ2) is 10.0. The molecule has 1 aromatic carbocycles. The van der Waals surface area contributed by atoms with Crippen LogP contribution in [0.5, 0.6) is 0 Å². The quantitative estimate of drug-likeness (QED) is 0.403. The van der Waals surface area contributed by atoms with Crippen LogP contribution in [0.1, 0.15) is 31.0 Å². The molecule has 2 aliphatic heterocycles. The first kappa shape index (κ1) is 24.3. The van der Waals surface area contributed by atoms with Gasteiger partial charge in [0, 0.05) is 75.1 Å². The van der Waals surface area contributed by atoms with E-state index in [0.29, 0.717) is 31.3 Å². The number of aromatic nitrogens is 5. The van der Waals surface area contributed by atoms with Crippen LogP contribution < -0.4 is 4.90 Å². The minimum atomic E-state index is 0.174. The lowest BCUT2D eigenvalue weighted by molar-refractivity contribution is -0.134. The van der Waals surface area contributed by atoms with Crippen LogP contribution in [-0.4, -0.2) is 78.9 Å². The Kier molecular flexibility index (Phi) is 6.40. The second-order valence-corrected chi connectivity index (χ2v) is 10.3. The van der Waals surface area contributed by atoms with Crippen molar-refractivity contribution in [3.05, 3.63) is 72.0 Å². The predicted octanol–water partition coefficient (Wildman–Crippen LogP) is 3.11. The van der Waals surface area contributed by atoms with E-state index in [4.69, 9.17) is 9.62 Å². The number of hydrogen-bond acceptors (Lipinski definition) is 8. The Bertz CT molecular complexity index is 1400. The first-order valence-electron chi connectivity index (χ1n) is 13.1. The highest BCUT2D eigenvalue weighted by molar-refractivity contribution is 5.78. The van der Waals surface area contributed by atoms with Gasteiger partial charge in [-0.15, -0.1) is 0 Å². The summed E-state index contributed by atoms with van der Waals surface area (Å²) >= 11 is 0. The van der Waals surface area contributed by atoms with Crippen LogP contribution in [0.15, 0.2) is 59.4 Å². The Morgan fingerprint density at radius 3 is 2.55 bits per heavy atom. The molecule has 1 fully saturated rings. The summed E-state index contributed by atoms with van der Waals surface area (Å²) in [7, 11) is 0. The normalized spacial score (nSPS) is 20.0. The number of anilines is 1. The summed E-state index contributed by atoms with van der Waals surface area (Å²) in [5.41, 5.74) is 4.08. The van der Waals surface area contributed by atoms with Crippen LogP contribution >= 0.6 is 0 Å². The van der Waals surface area contributed by atoms with Crippen LogP contribution in [0, 0.1) is 6.92 Å². The van der Waals surface area contributed by atoms with Crippen molar-refractivity contribution in [3.8, 4) is 17.1 Å². The number of fused-ring (bicyclic) bond motifs is 1. The molecule has 0 bridgehead atoms. The van der Waals surface area contributed by atoms with Gasteiger partial charge in [-0.1, -0.05) is 23.4 Å². The average Bonchev–Trinajstić information content (AvgIpc) is 3.57. The molecule has 6 rings (SSSR count). The second-order valence-electron chi connectivity index (χ2n) is 10.3. The third kappa shape index (κ3) is 4.79. The lowest BCUT2D eigenvalue weighted by Crippen LogP contribution is -2.59.